The summed E-state index contributed by atoms with van der Waals surface area (Å²) in [5, 5.41) is 3.03. The van der Waals surface area contributed by atoms with Gasteiger partial charge in [-0.05, 0) is 11.6 Å². The van der Waals surface area contributed by atoms with Gasteiger partial charge in [-0.25, -0.2) is 13.8 Å². The largest absolute Gasteiger partial charge is 0.416 e. The van der Waals surface area contributed by atoms with Crippen LogP contribution in [0.15, 0.2) is 43.0 Å². The van der Waals surface area contributed by atoms with Crippen LogP contribution in [0.25, 0.3) is 0 Å². The summed E-state index contributed by atoms with van der Waals surface area (Å²) >= 11 is 0. The highest BCUT2D eigenvalue weighted by Crippen LogP contribution is 2.46. The summed E-state index contributed by atoms with van der Waals surface area (Å²) in [6.07, 6.45) is -0.367. The monoisotopic (exact) mass is 345 g/mol. The van der Waals surface area contributed by atoms with E-state index in [0.29, 0.717) is 12.1 Å². The Morgan fingerprint density at radius 3 is 2.54 bits per heavy atom. The van der Waals surface area contributed by atoms with Crippen molar-refractivity contribution in [2.24, 2.45) is 0 Å². The first kappa shape index (κ1) is 16.9. The lowest BCUT2D eigenvalue weighted by Crippen LogP contribution is -2.62. The number of nitrogens with one attached hydrogen (secondary N) is 1. The number of halogens is 5. The molecule has 0 unspecified atom stereocenters. The van der Waals surface area contributed by atoms with Gasteiger partial charge in [0.15, 0.2) is 0 Å². The summed E-state index contributed by atoms with van der Waals surface area (Å²) in [6, 6.07) is 4.89. The third kappa shape index (κ3) is 3.75. The van der Waals surface area contributed by atoms with Gasteiger partial charge in [0.1, 0.15) is 0 Å². The number of imidazole rings is 1. The fourth-order valence-corrected chi connectivity index (χ4v) is 3.11. The van der Waals surface area contributed by atoms with Crippen molar-refractivity contribution in [2.75, 3.05) is 0 Å². The summed E-state index contributed by atoms with van der Waals surface area (Å²) in [5.41, 5.74) is -1.19. The predicted octanol–water partition coefficient (Wildman–Crippen LogP) is 3.86. The van der Waals surface area contributed by atoms with Crippen LogP contribution in [0.2, 0.25) is 0 Å². The molecule has 0 atom stereocenters. The van der Waals surface area contributed by atoms with Crippen LogP contribution in [-0.4, -0.2) is 21.0 Å². The number of rotatable bonds is 5. The molecule has 2 aromatic rings. The number of hydrogen-bond acceptors (Lipinski definition) is 2. The maximum atomic E-state index is 13.4. The molecule has 0 amide bonds. The highest BCUT2D eigenvalue weighted by molar-refractivity contribution is 5.26. The molecule has 0 spiro atoms. The standard InChI is InChI=1S/C16H16F5N3/c17-15(18)8-14(9-15,10-24-5-4-22-11-24)23-7-12-2-1-3-13(6-12)16(19,20)21/h1-6,11,23H,7-10H2. The molecule has 1 aromatic carbocycles. The van der Waals surface area contributed by atoms with E-state index in [1.807, 2.05) is 0 Å². The maximum absolute atomic E-state index is 13.4. The Balaban J connectivity index is 1.71. The Hall–Kier alpha value is -1.96. The van der Waals surface area contributed by atoms with Gasteiger partial charge < -0.3 is 9.88 Å². The molecule has 1 aliphatic rings. The van der Waals surface area contributed by atoms with Crippen LogP contribution >= 0.6 is 0 Å². The van der Waals surface area contributed by atoms with Crippen molar-refractivity contribution in [3.05, 3.63) is 54.1 Å². The first-order chi connectivity index (χ1) is 11.2. The van der Waals surface area contributed by atoms with Gasteiger partial charge in [0.2, 0.25) is 0 Å². The quantitative estimate of drug-likeness (QED) is 0.834. The van der Waals surface area contributed by atoms with E-state index in [1.165, 1.54) is 12.4 Å². The summed E-state index contributed by atoms with van der Waals surface area (Å²) in [4.78, 5) is 3.88. The lowest BCUT2D eigenvalue weighted by atomic mass is 9.73. The predicted molar refractivity (Wildman–Crippen MR) is 77.4 cm³/mol. The molecule has 0 aliphatic heterocycles. The van der Waals surface area contributed by atoms with E-state index in [9.17, 15) is 22.0 Å². The minimum absolute atomic E-state index is 0.0920. The van der Waals surface area contributed by atoms with Crippen molar-refractivity contribution in [3.8, 4) is 0 Å². The fourth-order valence-electron chi connectivity index (χ4n) is 3.11. The lowest BCUT2D eigenvalue weighted by molar-refractivity contribution is -0.139. The molecule has 130 valence electrons. The zero-order valence-corrected chi connectivity index (χ0v) is 12.7. The number of benzene rings is 1. The molecule has 0 bridgehead atoms. The molecule has 24 heavy (non-hydrogen) atoms. The lowest BCUT2D eigenvalue weighted by Gasteiger charge is -2.48. The summed E-state index contributed by atoms with van der Waals surface area (Å²) in [5.74, 6) is -2.75. The minimum atomic E-state index is -4.42. The second kappa shape index (κ2) is 5.84. The average Bonchev–Trinajstić information content (AvgIpc) is 2.95. The topological polar surface area (TPSA) is 29.9 Å². The van der Waals surface area contributed by atoms with Crippen molar-refractivity contribution < 1.29 is 22.0 Å². The van der Waals surface area contributed by atoms with Crippen LogP contribution < -0.4 is 5.32 Å². The van der Waals surface area contributed by atoms with Crippen LogP contribution in [0, 0.1) is 0 Å². The van der Waals surface area contributed by atoms with Crippen molar-refractivity contribution in [1.29, 1.82) is 0 Å². The molecule has 1 fully saturated rings. The van der Waals surface area contributed by atoms with Crippen LogP contribution in [0.4, 0.5) is 22.0 Å². The van der Waals surface area contributed by atoms with Crippen molar-refractivity contribution >= 4 is 0 Å². The first-order valence-electron chi connectivity index (χ1n) is 7.42. The Bertz CT molecular complexity index is 686. The van der Waals surface area contributed by atoms with Gasteiger partial charge in [0.05, 0.1) is 11.9 Å². The van der Waals surface area contributed by atoms with Crippen molar-refractivity contribution in [1.82, 2.24) is 14.9 Å². The van der Waals surface area contributed by atoms with E-state index in [2.05, 4.69) is 10.3 Å². The molecule has 3 nitrogen and oxygen atoms in total. The molecule has 0 radical (unpaired) electrons. The molecule has 3 rings (SSSR count). The maximum Gasteiger partial charge on any atom is 0.416 e. The van der Waals surface area contributed by atoms with Gasteiger partial charge in [0, 0.05) is 43.9 Å². The summed E-state index contributed by atoms with van der Waals surface area (Å²) < 4.78 is 66.7. The molecular formula is C16H16F5N3. The van der Waals surface area contributed by atoms with Gasteiger partial charge >= 0.3 is 6.18 Å². The molecule has 1 N–H and O–H groups in total. The molecule has 8 heteroatoms. The zero-order chi connectivity index (χ0) is 17.4. The molecular weight excluding hydrogens is 329 g/mol. The van der Waals surface area contributed by atoms with Gasteiger partial charge in [0.25, 0.3) is 5.92 Å². The second-order valence-electron chi connectivity index (χ2n) is 6.28. The minimum Gasteiger partial charge on any atom is -0.336 e. The van der Waals surface area contributed by atoms with Gasteiger partial charge in [-0.2, -0.15) is 13.2 Å². The average molecular weight is 345 g/mol. The molecule has 1 aliphatic carbocycles. The van der Waals surface area contributed by atoms with E-state index >= 15 is 0 Å². The summed E-state index contributed by atoms with van der Waals surface area (Å²) in [7, 11) is 0. The van der Waals surface area contributed by atoms with E-state index in [4.69, 9.17) is 0 Å². The number of alkyl halides is 5. The Morgan fingerprint density at radius 2 is 1.96 bits per heavy atom. The van der Waals surface area contributed by atoms with Crippen LogP contribution in [0.3, 0.4) is 0 Å². The Morgan fingerprint density at radius 1 is 1.21 bits per heavy atom. The Kier molecular flexibility index (Phi) is 4.11. The highest BCUT2D eigenvalue weighted by atomic mass is 19.4. The highest BCUT2D eigenvalue weighted by Gasteiger charge is 2.56. The van der Waals surface area contributed by atoms with Gasteiger partial charge in [-0.15, -0.1) is 0 Å². The second-order valence-corrected chi connectivity index (χ2v) is 6.28. The number of aromatic nitrogens is 2. The SMILES string of the molecule is FC1(F)CC(Cn2ccnc2)(NCc2cccc(C(F)(F)F)c2)C1. The van der Waals surface area contributed by atoms with Crippen LogP contribution in [-0.2, 0) is 19.3 Å². The fraction of sp³-hybridized carbons (Fsp3) is 0.438. The smallest absolute Gasteiger partial charge is 0.336 e. The normalized spacial score (nSPS) is 19.0. The van der Waals surface area contributed by atoms with Crippen LogP contribution in [0.5, 0.6) is 0 Å². The molecule has 1 aromatic heterocycles. The number of nitrogens with zero attached hydrogens (tertiary/aromatic N) is 2. The molecule has 0 saturated heterocycles. The van der Waals surface area contributed by atoms with E-state index in [0.717, 1.165) is 12.1 Å². The van der Waals surface area contributed by atoms with Crippen molar-refractivity contribution in [3.63, 3.8) is 0 Å². The number of hydrogen-bond donors (Lipinski definition) is 1. The van der Waals surface area contributed by atoms with Crippen LogP contribution in [0.1, 0.15) is 24.0 Å². The third-order valence-electron chi connectivity index (χ3n) is 4.16. The zero-order valence-electron chi connectivity index (χ0n) is 12.7. The van der Waals surface area contributed by atoms with Gasteiger partial charge in [-0.3, -0.25) is 0 Å². The van der Waals surface area contributed by atoms with E-state index < -0.39 is 23.2 Å². The molecule has 1 heterocycles. The first-order valence-corrected chi connectivity index (χ1v) is 7.42. The molecule has 1 saturated carbocycles. The summed E-state index contributed by atoms with van der Waals surface area (Å²) in [6.45, 7) is 0.385. The van der Waals surface area contributed by atoms with E-state index in [-0.39, 0.29) is 19.4 Å². The Labute approximate surface area is 135 Å². The van der Waals surface area contributed by atoms with E-state index in [1.54, 1.807) is 23.0 Å². The third-order valence-corrected chi connectivity index (χ3v) is 4.16. The van der Waals surface area contributed by atoms with Crippen molar-refractivity contribution in [2.45, 2.75) is 43.6 Å². The van der Waals surface area contributed by atoms with Gasteiger partial charge in [-0.1, -0.05) is 18.2 Å².